The van der Waals surface area contributed by atoms with Crippen LogP contribution in [-0.4, -0.2) is 48.0 Å². The first-order valence-electron chi connectivity index (χ1n) is 7.73. The second-order valence-corrected chi connectivity index (χ2v) is 8.31. The molecule has 2 N–H and O–H groups in total. The maximum atomic E-state index is 12.7. The average Bonchev–Trinajstić information content (AvgIpc) is 3.09. The van der Waals surface area contributed by atoms with Crippen LogP contribution in [0.4, 0.5) is 5.69 Å². The SMILES string of the molecule is CS(=O)(=O)C1(C(=O)Nc2ccc(-n3ccnc3)cc2)CCNCC1.Cl.Cl. The number of aromatic nitrogens is 2. The van der Waals surface area contributed by atoms with Crippen molar-refractivity contribution in [3.05, 3.63) is 43.0 Å². The number of hydrogen-bond donors (Lipinski definition) is 2. The van der Waals surface area contributed by atoms with Crippen LogP contribution >= 0.6 is 24.8 Å². The van der Waals surface area contributed by atoms with Gasteiger partial charge in [-0.15, -0.1) is 24.8 Å². The first kappa shape index (κ1) is 22.4. The molecule has 1 saturated heterocycles. The molecule has 0 saturated carbocycles. The predicted octanol–water partition coefficient (Wildman–Crippen LogP) is 1.82. The van der Waals surface area contributed by atoms with Gasteiger partial charge in [-0.3, -0.25) is 4.79 Å². The number of carbonyl (C=O) groups is 1. The van der Waals surface area contributed by atoms with Gasteiger partial charge in [-0.2, -0.15) is 0 Å². The van der Waals surface area contributed by atoms with E-state index in [1.807, 2.05) is 22.9 Å². The minimum Gasteiger partial charge on any atom is -0.325 e. The second kappa shape index (κ2) is 8.85. The Kier molecular flexibility index (Phi) is 7.64. The molecule has 1 aromatic heterocycles. The van der Waals surface area contributed by atoms with Crippen LogP contribution in [0.2, 0.25) is 0 Å². The lowest BCUT2D eigenvalue weighted by molar-refractivity contribution is -0.119. The lowest BCUT2D eigenvalue weighted by Gasteiger charge is -2.34. The largest absolute Gasteiger partial charge is 0.325 e. The number of nitrogens with one attached hydrogen (secondary N) is 2. The molecule has 2 aromatic rings. The van der Waals surface area contributed by atoms with E-state index in [1.54, 1.807) is 24.7 Å². The topological polar surface area (TPSA) is 93.1 Å². The predicted molar refractivity (Wildman–Crippen MR) is 106 cm³/mol. The van der Waals surface area contributed by atoms with Crippen LogP contribution in [0.25, 0.3) is 5.69 Å². The Bertz CT molecular complexity index is 818. The molecule has 7 nitrogen and oxygen atoms in total. The van der Waals surface area contributed by atoms with Crippen LogP contribution in [0, 0.1) is 0 Å². The monoisotopic (exact) mass is 420 g/mol. The molecule has 0 bridgehead atoms. The molecule has 0 aliphatic carbocycles. The van der Waals surface area contributed by atoms with Crippen molar-refractivity contribution < 1.29 is 13.2 Å². The van der Waals surface area contributed by atoms with Crippen LogP contribution in [0.15, 0.2) is 43.0 Å². The number of hydrogen-bond acceptors (Lipinski definition) is 5. The quantitative estimate of drug-likeness (QED) is 0.786. The maximum absolute atomic E-state index is 12.7. The van der Waals surface area contributed by atoms with Crippen LogP contribution < -0.4 is 10.6 Å². The Hall–Kier alpha value is -1.61. The van der Waals surface area contributed by atoms with Crippen molar-refractivity contribution in [3.8, 4) is 5.69 Å². The van der Waals surface area contributed by atoms with Crippen LogP contribution in [-0.2, 0) is 14.6 Å². The summed E-state index contributed by atoms with van der Waals surface area (Å²) in [4.78, 5) is 16.7. The number of benzene rings is 1. The summed E-state index contributed by atoms with van der Waals surface area (Å²) in [5.41, 5.74) is 1.48. The molecular formula is C16H22Cl2N4O3S. The number of anilines is 1. The summed E-state index contributed by atoms with van der Waals surface area (Å²) >= 11 is 0. The van der Waals surface area contributed by atoms with Gasteiger partial charge in [-0.05, 0) is 50.2 Å². The third-order valence-corrected chi connectivity index (χ3v) is 6.48. The van der Waals surface area contributed by atoms with E-state index in [2.05, 4.69) is 15.6 Å². The van der Waals surface area contributed by atoms with Crippen molar-refractivity contribution in [1.29, 1.82) is 0 Å². The number of nitrogens with zero attached hydrogens (tertiary/aromatic N) is 2. The highest BCUT2D eigenvalue weighted by molar-refractivity contribution is 7.92. The van der Waals surface area contributed by atoms with Crippen LogP contribution in [0.3, 0.4) is 0 Å². The summed E-state index contributed by atoms with van der Waals surface area (Å²) < 4.78 is 25.0. The fraction of sp³-hybridized carbons (Fsp3) is 0.375. The Morgan fingerprint density at radius 1 is 1.19 bits per heavy atom. The fourth-order valence-electron chi connectivity index (χ4n) is 2.97. The van der Waals surface area contributed by atoms with Gasteiger partial charge in [0.1, 0.15) is 0 Å². The number of piperidine rings is 1. The summed E-state index contributed by atoms with van der Waals surface area (Å²) in [7, 11) is -3.51. The van der Waals surface area contributed by atoms with Gasteiger partial charge in [0.05, 0.1) is 6.33 Å². The molecule has 1 aromatic carbocycles. The Morgan fingerprint density at radius 3 is 2.31 bits per heavy atom. The minimum absolute atomic E-state index is 0. The van der Waals surface area contributed by atoms with Crippen molar-refractivity contribution in [2.75, 3.05) is 24.7 Å². The maximum Gasteiger partial charge on any atom is 0.245 e. The molecule has 0 spiro atoms. The van der Waals surface area contributed by atoms with Gasteiger partial charge >= 0.3 is 0 Å². The standard InChI is InChI=1S/C16H20N4O3S.2ClH/c1-24(22,23)16(6-8-17-9-7-16)15(21)19-13-2-4-14(5-3-13)20-11-10-18-12-20;;/h2-5,10-12,17H,6-9H2,1H3,(H,19,21);2*1H. The van der Waals surface area contributed by atoms with E-state index in [0.29, 0.717) is 18.8 Å². The zero-order chi connectivity index (χ0) is 17.2. The molecule has 0 radical (unpaired) electrons. The Balaban J connectivity index is 0.00000169. The number of imidazole rings is 1. The lowest BCUT2D eigenvalue weighted by atomic mass is 9.95. The highest BCUT2D eigenvalue weighted by Crippen LogP contribution is 2.29. The number of rotatable bonds is 4. The first-order chi connectivity index (χ1) is 11.4. The molecule has 1 fully saturated rings. The molecule has 0 atom stereocenters. The van der Waals surface area contributed by atoms with Crippen molar-refractivity contribution in [1.82, 2.24) is 14.9 Å². The van der Waals surface area contributed by atoms with Crippen molar-refractivity contribution >= 4 is 46.2 Å². The zero-order valence-corrected chi connectivity index (χ0v) is 16.7. The zero-order valence-electron chi connectivity index (χ0n) is 14.2. The third-order valence-electron chi connectivity index (χ3n) is 4.46. The molecule has 26 heavy (non-hydrogen) atoms. The molecular weight excluding hydrogens is 399 g/mol. The second-order valence-electron chi connectivity index (χ2n) is 5.99. The fourth-order valence-corrected chi connectivity index (χ4v) is 4.30. The number of amides is 1. The summed E-state index contributed by atoms with van der Waals surface area (Å²) in [6, 6.07) is 7.19. The van der Waals surface area contributed by atoms with E-state index in [-0.39, 0.29) is 37.7 Å². The molecule has 2 heterocycles. The van der Waals surface area contributed by atoms with Crippen LogP contribution in [0.1, 0.15) is 12.8 Å². The number of halogens is 2. The molecule has 3 rings (SSSR count). The highest BCUT2D eigenvalue weighted by atomic mass is 35.5. The normalized spacial score (nSPS) is 16.0. The molecule has 0 unspecified atom stereocenters. The van der Waals surface area contributed by atoms with Gasteiger partial charge in [0.15, 0.2) is 14.6 Å². The number of carbonyl (C=O) groups excluding carboxylic acids is 1. The average molecular weight is 421 g/mol. The third kappa shape index (κ3) is 4.37. The van der Waals surface area contributed by atoms with Gasteiger partial charge in [0.2, 0.25) is 5.91 Å². The van der Waals surface area contributed by atoms with E-state index in [0.717, 1.165) is 11.9 Å². The van der Waals surface area contributed by atoms with Gasteiger partial charge in [-0.1, -0.05) is 0 Å². The van der Waals surface area contributed by atoms with E-state index in [4.69, 9.17) is 0 Å². The van der Waals surface area contributed by atoms with E-state index >= 15 is 0 Å². The molecule has 144 valence electrons. The molecule has 1 amide bonds. The minimum atomic E-state index is -3.51. The van der Waals surface area contributed by atoms with Gasteiger partial charge in [0, 0.05) is 30.0 Å². The first-order valence-corrected chi connectivity index (χ1v) is 9.62. The smallest absolute Gasteiger partial charge is 0.245 e. The van der Waals surface area contributed by atoms with Gasteiger partial charge < -0.3 is 15.2 Å². The lowest BCUT2D eigenvalue weighted by Crippen LogP contribution is -2.55. The summed E-state index contributed by atoms with van der Waals surface area (Å²) in [5.74, 6) is -0.457. The molecule has 10 heteroatoms. The van der Waals surface area contributed by atoms with Crippen molar-refractivity contribution in [2.24, 2.45) is 0 Å². The van der Waals surface area contributed by atoms with Gasteiger partial charge in [-0.25, -0.2) is 13.4 Å². The summed E-state index contributed by atoms with van der Waals surface area (Å²) in [6.07, 6.45) is 6.89. The highest BCUT2D eigenvalue weighted by Gasteiger charge is 2.48. The summed E-state index contributed by atoms with van der Waals surface area (Å²) in [5, 5.41) is 5.86. The van der Waals surface area contributed by atoms with E-state index in [9.17, 15) is 13.2 Å². The number of sulfone groups is 1. The van der Waals surface area contributed by atoms with E-state index in [1.165, 1.54) is 0 Å². The molecule has 1 aliphatic rings. The van der Waals surface area contributed by atoms with Crippen molar-refractivity contribution in [3.63, 3.8) is 0 Å². The summed E-state index contributed by atoms with van der Waals surface area (Å²) in [6.45, 7) is 1.03. The van der Waals surface area contributed by atoms with Crippen molar-refractivity contribution in [2.45, 2.75) is 17.6 Å². The van der Waals surface area contributed by atoms with Gasteiger partial charge in [0.25, 0.3) is 0 Å². The van der Waals surface area contributed by atoms with E-state index < -0.39 is 20.5 Å². The Morgan fingerprint density at radius 2 is 1.81 bits per heavy atom. The Labute approximate surface area is 165 Å². The molecule has 1 aliphatic heterocycles. The van der Waals surface area contributed by atoms with Crippen LogP contribution in [0.5, 0.6) is 0 Å².